The Kier molecular flexibility index (Phi) is 7.98. The fraction of sp³-hybridized carbons (Fsp3) is 0.500. The Morgan fingerprint density at radius 3 is 2.70 bits per heavy atom. The Morgan fingerprint density at radius 2 is 2.07 bits per heavy atom. The van der Waals surface area contributed by atoms with Crippen LogP contribution in [0.3, 0.4) is 0 Å². The number of nitrogens with zero attached hydrogens (tertiary/aromatic N) is 4. The summed E-state index contributed by atoms with van der Waals surface area (Å²) in [5, 5.41) is 3.43. The van der Waals surface area contributed by atoms with Crippen molar-refractivity contribution in [1.82, 2.24) is 19.8 Å². The van der Waals surface area contributed by atoms with Gasteiger partial charge < -0.3 is 24.3 Å². The molecular weight excluding hydrogens is 342 g/mol. The van der Waals surface area contributed by atoms with Gasteiger partial charge in [0.15, 0.2) is 5.96 Å². The number of imidazole rings is 1. The van der Waals surface area contributed by atoms with Crippen LogP contribution in [0.1, 0.15) is 24.2 Å². The monoisotopic (exact) mass is 373 g/mol. The summed E-state index contributed by atoms with van der Waals surface area (Å²) in [5.41, 5.74) is 1.08. The molecule has 148 valence electrons. The first-order valence-electron chi connectivity index (χ1n) is 9.19. The number of methoxy groups -OCH3 is 2. The zero-order valence-electron chi connectivity index (χ0n) is 17.0. The van der Waals surface area contributed by atoms with Crippen LogP contribution in [-0.4, -0.2) is 55.3 Å². The van der Waals surface area contributed by atoms with Crippen molar-refractivity contribution in [2.75, 3.05) is 34.9 Å². The van der Waals surface area contributed by atoms with Gasteiger partial charge in [-0.05, 0) is 31.9 Å². The molecular formula is C20H31N5O2. The molecule has 0 spiro atoms. The third-order valence-electron chi connectivity index (χ3n) is 4.51. The lowest BCUT2D eigenvalue weighted by molar-refractivity contribution is 0.382. The quantitative estimate of drug-likeness (QED) is 0.416. The second-order valence-corrected chi connectivity index (χ2v) is 6.38. The number of hydrogen-bond donors (Lipinski definition) is 1. The maximum absolute atomic E-state index is 5.49. The predicted octanol–water partition coefficient (Wildman–Crippen LogP) is 2.70. The SMILES string of the molecule is CN=C(NCCCCn1ccnc1C)N(C)Cc1ccc(OC)cc1OC. The Morgan fingerprint density at radius 1 is 1.26 bits per heavy atom. The number of aryl methyl sites for hydroxylation is 2. The number of guanidine groups is 1. The lowest BCUT2D eigenvalue weighted by Gasteiger charge is -2.23. The lowest BCUT2D eigenvalue weighted by Crippen LogP contribution is -2.39. The van der Waals surface area contributed by atoms with Crippen LogP contribution in [0.5, 0.6) is 11.5 Å². The zero-order valence-corrected chi connectivity index (χ0v) is 17.0. The third-order valence-corrected chi connectivity index (χ3v) is 4.51. The molecule has 0 amide bonds. The summed E-state index contributed by atoms with van der Waals surface area (Å²) >= 11 is 0. The highest BCUT2D eigenvalue weighted by molar-refractivity contribution is 5.79. The van der Waals surface area contributed by atoms with Crippen molar-refractivity contribution >= 4 is 5.96 Å². The molecule has 0 aliphatic rings. The minimum absolute atomic E-state index is 0.696. The van der Waals surface area contributed by atoms with Crippen LogP contribution in [0.25, 0.3) is 0 Å². The number of aromatic nitrogens is 2. The molecule has 0 saturated carbocycles. The van der Waals surface area contributed by atoms with Crippen molar-refractivity contribution in [2.24, 2.45) is 4.99 Å². The molecule has 27 heavy (non-hydrogen) atoms. The van der Waals surface area contributed by atoms with Crippen LogP contribution in [0.15, 0.2) is 35.6 Å². The van der Waals surface area contributed by atoms with Crippen LogP contribution < -0.4 is 14.8 Å². The average Bonchev–Trinajstić information content (AvgIpc) is 3.09. The van der Waals surface area contributed by atoms with E-state index in [0.717, 1.165) is 54.8 Å². The van der Waals surface area contributed by atoms with Gasteiger partial charge in [0.05, 0.1) is 14.2 Å². The van der Waals surface area contributed by atoms with Crippen molar-refractivity contribution in [1.29, 1.82) is 0 Å². The summed E-state index contributed by atoms with van der Waals surface area (Å²) in [7, 11) is 7.15. The van der Waals surface area contributed by atoms with E-state index in [9.17, 15) is 0 Å². The number of ether oxygens (including phenoxy) is 2. The molecule has 0 aliphatic heterocycles. The fourth-order valence-electron chi connectivity index (χ4n) is 2.94. The van der Waals surface area contributed by atoms with Gasteiger partial charge in [0.25, 0.3) is 0 Å². The molecule has 7 nitrogen and oxygen atoms in total. The summed E-state index contributed by atoms with van der Waals surface area (Å²) in [5.74, 6) is 3.53. The Bertz CT molecular complexity index is 742. The number of benzene rings is 1. The average molecular weight is 374 g/mol. The van der Waals surface area contributed by atoms with E-state index in [1.165, 1.54) is 0 Å². The highest BCUT2D eigenvalue weighted by Crippen LogP contribution is 2.25. The smallest absolute Gasteiger partial charge is 0.193 e. The number of nitrogens with one attached hydrogen (secondary N) is 1. The van der Waals surface area contributed by atoms with Gasteiger partial charge in [0, 0.05) is 57.8 Å². The van der Waals surface area contributed by atoms with E-state index in [2.05, 4.69) is 24.8 Å². The van der Waals surface area contributed by atoms with Gasteiger partial charge in [-0.25, -0.2) is 4.98 Å². The van der Waals surface area contributed by atoms with E-state index >= 15 is 0 Å². The second kappa shape index (κ2) is 10.4. The predicted molar refractivity (Wildman–Crippen MR) is 109 cm³/mol. The molecule has 0 bridgehead atoms. The van der Waals surface area contributed by atoms with Crippen LogP contribution in [0.2, 0.25) is 0 Å². The maximum atomic E-state index is 5.49. The van der Waals surface area contributed by atoms with Crippen LogP contribution >= 0.6 is 0 Å². The van der Waals surface area contributed by atoms with Crippen molar-refractivity contribution in [3.05, 3.63) is 42.0 Å². The summed E-state index contributed by atoms with van der Waals surface area (Å²) in [6.45, 7) is 4.60. The topological polar surface area (TPSA) is 63.9 Å². The zero-order chi connectivity index (χ0) is 19.6. The molecule has 1 aromatic heterocycles. The first-order valence-corrected chi connectivity index (χ1v) is 9.19. The van der Waals surface area contributed by atoms with E-state index in [0.29, 0.717) is 6.54 Å². The van der Waals surface area contributed by atoms with Crippen molar-refractivity contribution < 1.29 is 9.47 Å². The fourth-order valence-corrected chi connectivity index (χ4v) is 2.94. The van der Waals surface area contributed by atoms with Gasteiger partial charge in [-0.15, -0.1) is 0 Å². The molecule has 1 aromatic carbocycles. The number of aliphatic imine (C=N–C) groups is 1. The first kappa shape index (κ1) is 20.6. The minimum Gasteiger partial charge on any atom is -0.497 e. The van der Waals surface area contributed by atoms with Crippen molar-refractivity contribution in [3.8, 4) is 11.5 Å². The van der Waals surface area contributed by atoms with Crippen LogP contribution in [0.4, 0.5) is 0 Å². The lowest BCUT2D eigenvalue weighted by atomic mass is 10.2. The summed E-state index contributed by atoms with van der Waals surface area (Å²) in [6.07, 6.45) is 6.03. The Balaban J connectivity index is 1.81. The normalized spacial score (nSPS) is 11.4. The molecule has 0 unspecified atom stereocenters. The summed E-state index contributed by atoms with van der Waals surface area (Å²) in [6, 6.07) is 5.87. The van der Waals surface area contributed by atoms with Crippen LogP contribution in [0, 0.1) is 6.92 Å². The van der Waals surface area contributed by atoms with Gasteiger partial charge in [-0.3, -0.25) is 4.99 Å². The Hall–Kier alpha value is -2.70. The molecule has 2 aromatic rings. The Labute approximate surface area is 162 Å². The molecule has 1 N–H and O–H groups in total. The summed E-state index contributed by atoms with van der Waals surface area (Å²) < 4.78 is 12.9. The standard InChI is InChI=1S/C20H31N5O2/c1-16-22-11-13-25(16)12-7-6-10-23-20(21-2)24(3)15-17-8-9-18(26-4)14-19(17)27-5/h8-9,11,13-14H,6-7,10,12,15H2,1-5H3,(H,21,23). The maximum Gasteiger partial charge on any atom is 0.193 e. The number of rotatable bonds is 9. The molecule has 7 heteroatoms. The van der Waals surface area contributed by atoms with E-state index in [1.807, 2.05) is 44.6 Å². The number of hydrogen-bond acceptors (Lipinski definition) is 4. The molecule has 0 aliphatic carbocycles. The van der Waals surface area contributed by atoms with Gasteiger partial charge in [0.1, 0.15) is 17.3 Å². The first-order chi connectivity index (χ1) is 13.1. The van der Waals surface area contributed by atoms with E-state index < -0.39 is 0 Å². The summed E-state index contributed by atoms with van der Waals surface area (Å²) in [4.78, 5) is 10.7. The second-order valence-electron chi connectivity index (χ2n) is 6.38. The molecule has 0 radical (unpaired) electrons. The van der Waals surface area contributed by atoms with Crippen molar-refractivity contribution in [2.45, 2.75) is 32.9 Å². The van der Waals surface area contributed by atoms with Gasteiger partial charge in [-0.1, -0.05) is 0 Å². The highest BCUT2D eigenvalue weighted by atomic mass is 16.5. The number of unbranched alkanes of at least 4 members (excludes halogenated alkanes) is 1. The van der Waals surface area contributed by atoms with Gasteiger partial charge >= 0.3 is 0 Å². The van der Waals surface area contributed by atoms with E-state index in [-0.39, 0.29) is 0 Å². The highest BCUT2D eigenvalue weighted by Gasteiger charge is 2.11. The van der Waals surface area contributed by atoms with Crippen molar-refractivity contribution in [3.63, 3.8) is 0 Å². The molecule has 0 saturated heterocycles. The van der Waals surface area contributed by atoms with Gasteiger partial charge in [-0.2, -0.15) is 0 Å². The van der Waals surface area contributed by atoms with E-state index in [1.54, 1.807) is 21.3 Å². The van der Waals surface area contributed by atoms with Gasteiger partial charge in [0.2, 0.25) is 0 Å². The molecule has 0 fully saturated rings. The third kappa shape index (κ3) is 5.91. The van der Waals surface area contributed by atoms with Crippen LogP contribution in [-0.2, 0) is 13.1 Å². The van der Waals surface area contributed by atoms with E-state index in [4.69, 9.17) is 9.47 Å². The molecule has 0 atom stereocenters. The molecule has 1 heterocycles. The minimum atomic E-state index is 0.696. The molecule has 2 rings (SSSR count). The largest absolute Gasteiger partial charge is 0.497 e.